The molecule has 9 heteroatoms. The normalized spacial score (nSPS) is 11.1. The fourth-order valence-corrected chi connectivity index (χ4v) is 3.33. The Kier molecular flexibility index (Phi) is 7.83. The Labute approximate surface area is 204 Å². The lowest BCUT2D eigenvalue weighted by Crippen LogP contribution is -2.40. The molecule has 1 aromatic heterocycles. The number of halogens is 1. The number of anilines is 2. The third-order valence-corrected chi connectivity index (χ3v) is 5.39. The first-order valence-corrected chi connectivity index (χ1v) is 11.3. The van der Waals surface area contributed by atoms with Crippen molar-refractivity contribution in [3.05, 3.63) is 65.3 Å². The summed E-state index contributed by atoms with van der Waals surface area (Å²) in [5.41, 5.74) is 1.95. The zero-order valence-electron chi connectivity index (χ0n) is 20.1. The molecule has 0 aliphatic heterocycles. The number of urea groups is 1. The van der Waals surface area contributed by atoms with Crippen molar-refractivity contribution in [2.24, 2.45) is 0 Å². The maximum absolute atomic E-state index is 12.9. The zero-order valence-corrected chi connectivity index (χ0v) is 20.8. The van der Waals surface area contributed by atoms with Crippen LogP contribution in [-0.4, -0.2) is 46.8 Å². The van der Waals surface area contributed by atoms with Crippen LogP contribution in [0.15, 0.2) is 54.6 Å². The summed E-state index contributed by atoms with van der Waals surface area (Å²) in [4.78, 5) is 27.1. The van der Waals surface area contributed by atoms with Crippen molar-refractivity contribution < 1.29 is 14.3 Å². The second-order valence-corrected chi connectivity index (χ2v) is 9.21. The first kappa shape index (κ1) is 25.1. The number of carbonyl (C=O) groups is 2. The van der Waals surface area contributed by atoms with Crippen LogP contribution in [0.25, 0.3) is 5.69 Å². The molecule has 0 aliphatic rings. The summed E-state index contributed by atoms with van der Waals surface area (Å²) in [5.74, 6) is 0.809. The highest BCUT2D eigenvalue weighted by atomic mass is 35.5. The molecule has 0 atom stereocenters. The van der Waals surface area contributed by atoms with Gasteiger partial charge in [-0.2, -0.15) is 5.10 Å². The van der Waals surface area contributed by atoms with Gasteiger partial charge in [-0.25, -0.2) is 9.48 Å². The first-order chi connectivity index (χ1) is 16.1. The Morgan fingerprint density at radius 3 is 2.41 bits per heavy atom. The van der Waals surface area contributed by atoms with Crippen LogP contribution in [0.5, 0.6) is 5.75 Å². The zero-order chi connectivity index (χ0) is 24.9. The van der Waals surface area contributed by atoms with Gasteiger partial charge >= 0.3 is 6.03 Å². The van der Waals surface area contributed by atoms with Crippen LogP contribution in [0.2, 0.25) is 5.02 Å². The molecule has 34 heavy (non-hydrogen) atoms. The minimum atomic E-state index is -0.382. The minimum Gasteiger partial charge on any atom is -0.497 e. The van der Waals surface area contributed by atoms with Gasteiger partial charge in [0.2, 0.25) is 5.91 Å². The van der Waals surface area contributed by atoms with Crippen LogP contribution >= 0.6 is 11.6 Å². The number of carbonyl (C=O) groups excluding carboxylic acids is 2. The average molecular weight is 484 g/mol. The number of benzene rings is 2. The van der Waals surface area contributed by atoms with Crippen LogP contribution < -0.4 is 15.4 Å². The molecule has 3 aromatic rings. The standard InChI is InChI=1S/C25H30ClN5O3/c1-6-30(24(33)27-18-8-7-9-20(14-18)34-5)16-23(32)28-22-15-21(25(2,3)4)29-31(22)19-12-10-17(26)11-13-19/h7-15H,6,16H2,1-5H3,(H,27,33)(H,28,32). The van der Waals surface area contributed by atoms with Gasteiger partial charge in [-0.3, -0.25) is 4.79 Å². The van der Waals surface area contributed by atoms with Crippen molar-refractivity contribution in [3.8, 4) is 11.4 Å². The summed E-state index contributed by atoms with van der Waals surface area (Å²) < 4.78 is 6.86. The number of hydrogen-bond donors (Lipinski definition) is 2. The average Bonchev–Trinajstić information content (AvgIpc) is 3.22. The smallest absolute Gasteiger partial charge is 0.322 e. The van der Waals surface area contributed by atoms with E-state index < -0.39 is 0 Å². The molecule has 0 radical (unpaired) electrons. The number of methoxy groups -OCH3 is 1. The van der Waals surface area contributed by atoms with Gasteiger partial charge in [0.1, 0.15) is 18.1 Å². The number of ether oxygens (including phenoxy) is 1. The number of nitrogens with zero attached hydrogens (tertiary/aromatic N) is 3. The number of nitrogens with one attached hydrogen (secondary N) is 2. The second kappa shape index (κ2) is 10.6. The summed E-state index contributed by atoms with van der Waals surface area (Å²) >= 11 is 6.03. The minimum absolute atomic E-state index is 0.122. The van der Waals surface area contributed by atoms with Crippen LogP contribution in [0.3, 0.4) is 0 Å². The van der Waals surface area contributed by atoms with Crippen molar-refractivity contribution in [3.63, 3.8) is 0 Å². The molecule has 3 amide bonds. The number of hydrogen-bond acceptors (Lipinski definition) is 4. The summed E-state index contributed by atoms with van der Waals surface area (Å²) in [6.07, 6.45) is 0. The van der Waals surface area contributed by atoms with E-state index in [2.05, 4.69) is 31.4 Å². The Bertz CT molecular complexity index is 1150. The van der Waals surface area contributed by atoms with Gasteiger partial charge in [-0.1, -0.05) is 38.4 Å². The van der Waals surface area contributed by atoms with Crippen molar-refractivity contribution >= 4 is 35.0 Å². The fourth-order valence-electron chi connectivity index (χ4n) is 3.20. The monoisotopic (exact) mass is 483 g/mol. The Morgan fingerprint density at radius 1 is 1.09 bits per heavy atom. The quantitative estimate of drug-likeness (QED) is 0.475. The molecule has 2 N–H and O–H groups in total. The van der Waals surface area contributed by atoms with Crippen molar-refractivity contribution in [2.75, 3.05) is 30.8 Å². The summed E-state index contributed by atoms with van der Waals surface area (Å²) in [7, 11) is 1.56. The van der Waals surface area contributed by atoms with Crippen LogP contribution in [0.1, 0.15) is 33.4 Å². The van der Waals surface area contributed by atoms with Crippen molar-refractivity contribution in [2.45, 2.75) is 33.1 Å². The molecule has 3 rings (SSSR count). The van der Waals surface area contributed by atoms with Crippen LogP contribution in [0.4, 0.5) is 16.3 Å². The van der Waals surface area contributed by atoms with Crippen molar-refractivity contribution in [1.82, 2.24) is 14.7 Å². The van der Waals surface area contributed by atoms with E-state index in [9.17, 15) is 9.59 Å². The van der Waals surface area contributed by atoms with E-state index in [-0.39, 0.29) is 23.9 Å². The Hall–Kier alpha value is -3.52. The molecule has 0 bridgehead atoms. The molecular weight excluding hydrogens is 454 g/mol. The predicted molar refractivity (Wildman–Crippen MR) is 135 cm³/mol. The van der Waals surface area contributed by atoms with Gasteiger partial charge in [0, 0.05) is 34.8 Å². The highest BCUT2D eigenvalue weighted by Crippen LogP contribution is 2.27. The van der Waals surface area contributed by atoms with Gasteiger partial charge < -0.3 is 20.3 Å². The largest absolute Gasteiger partial charge is 0.497 e. The maximum atomic E-state index is 12.9. The SMILES string of the molecule is CCN(CC(=O)Nc1cc(C(C)(C)C)nn1-c1ccc(Cl)cc1)C(=O)Nc1cccc(OC)c1. The molecule has 0 fully saturated rings. The van der Waals surface area contributed by atoms with E-state index in [0.29, 0.717) is 28.8 Å². The molecule has 0 aliphatic carbocycles. The van der Waals surface area contributed by atoms with Gasteiger partial charge in [0.25, 0.3) is 0 Å². The van der Waals surface area contributed by atoms with Crippen LogP contribution in [0, 0.1) is 0 Å². The highest BCUT2D eigenvalue weighted by Gasteiger charge is 2.23. The molecule has 1 heterocycles. The maximum Gasteiger partial charge on any atom is 0.322 e. The van der Waals surface area contributed by atoms with Gasteiger partial charge in [-0.15, -0.1) is 0 Å². The van der Waals surface area contributed by atoms with E-state index in [1.807, 2.05) is 25.1 Å². The van der Waals surface area contributed by atoms with E-state index in [4.69, 9.17) is 21.4 Å². The van der Waals surface area contributed by atoms with Crippen LogP contribution in [-0.2, 0) is 10.2 Å². The highest BCUT2D eigenvalue weighted by molar-refractivity contribution is 6.30. The molecule has 0 unspecified atom stereocenters. The number of amides is 3. The topological polar surface area (TPSA) is 88.5 Å². The lowest BCUT2D eigenvalue weighted by Gasteiger charge is -2.21. The van der Waals surface area contributed by atoms with Crippen molar-refractivity contribution in [1.29, 1.82) is 0 Å². The van der Waals surface area contributed by atoms with E-state index >= 15 is 0 Å². The van der Waals surface area contributed by atoms with Gasteiger partial charge in [0.15, 0.2) is 0 Å². The number of likely N-dealkylation sites (N-methyl/N-ethyl adjacent to an activating group) is 1. The first-order valence-electron chi connectivity index (χ1n) is 11.0. The van der Waals surface area contributed by atoms with E-state index in [1.54, 1.807) is 48.2 Å². The van der Waals surface area contributed by atoms with Gasteiger partial charge in [0.05, 0.1) is 18.5 Å². The summed E-state index contributed by atoms with van der Waals surface area (Å²) in [5, 5.41) is 11.0. The lowest BCUT2D eigenvalue weighted by molar-refractivity contribution is -0.116. The summed E-state index contributed by atoms with van der Waals surface area (Å²) in [6.45, 7) is 8.20. The molecular formula is C25H30ClN5O3. The molecule has 8 nitrogen and oxygen atoms in total. The molecule has 2 aromatic carbocycles. The second-order valence-electron chi connectivity index (χ2n) is 8.78. The van der Waals surface area contributed by atoms with Gasteiger partial charge in [-0.05, 0) is 43.3 Å². The number of rotatable bonds is 7. The Balaban J connectivity index is 1.76. The van der Waals surface area contributed by atoms with E-state index in [1.165, 1.54) is 4.90 Å². The fraction of sp³-hybridized carbons (Fsp3) is 0.320. The Morgan fingerprint density at radius 2 is 1.79 bits per heavy atom. The third-order valence-electron chi connectivity index (χ3n) is 5.14. The molecule has 0 spiro atoms. The third kappa shape index (κ3) is 6.29. The molecule has 180 valence electrons. The van der Waals surface area contributed by atoms with E-state index in [0.717, 1.165) is 11.4 Å². The number of aromatic nitrogens is 2. The molecule has 0 saturated carbocycles. The lowest BCUT2D eigenvalue weighted by atomic mass is 9.92. The predicted octanol–water partition coefficient (Wildman–Crippen LogP) is 5.32. The summed E-state index contributed by atoms with van der Waals surface area (Å²) in [6, 6.07) is 15.7. The molecule has 0 saturated heterocycles.